The highest BCUT2D eigenvalue weighted by molar-refractivity contribution is 7.53. The molecule has 0 atom stereocenters. The lowest BCUT2D eigenvalue weighted by Crippen LogP contribution is -2.18. The first-order chi connectivity index (χ1) is 7.82. The van der Waals surface area contributed by atoms with E-state index in [4.69, 9.17) is 0 Å². The van der Waals surface area contributed by atoms with E-state index in [1.165, 1.54) is 13.8 Å². The summed E-state index contributed by atoms with van der Waals surface area (Å²) in [6.07, 6.45) is 0. The largest absolute Gasteiger partial charge is 0.337 e. The van der Waals surface area contributed by atoms with Crippen LogP contribution in [0.3, 0.4) is 0 Å². The molecule has 2 aromatic rings. The van der Waals surface area contributed by atoms with Crippen LogP contribution in [0.4, 0.5) is 0 Å². The summed E-state index contributed by atoms with van der Waals surface area (Å²) in [4.78, 5) is 23.0. The van der Waals surface area contributed by atoms with Gasteiger partial charge < -0.3 is 9.79 Å². The lowest BCUT2D eigenvalue weighted by atomic mass is 10.1. The number of para-hydroxylation sites is 1. The molecule has 0 fully saturated rings. The molecule has 0 bridgehead atoms. The van der Waals surface area contributed by atoms with E-state index in [1.807, 2.05) is 30.3 Å². The number of hydrogen-bond donors (Lipinski definition) is 2. The Labute approximate surface area is 99.5 Å². The maximum atomic E-state index is 11.4. The molecule has 0 saturated heterocycles. The van der Waals surface area contributed by atoms with Gasteiger partial charge in [-0.25, -0.2) is 0 Å². The Hall–Kier alpha value is -1.22. The maximum Gasteiger partial charge on any atom is 0.337 e. The van der Waals surface area contributed by atoms with E-state index in [-0.39, 0.29) is 0 Å². The highest BCUT2D eigenvalue weighted by Gasteiger charge is 2.40. The minimum Gasteiger partial charge on any atom is -0.324 e. The molecule has 0 aliphatic heterocycles. The van der Waals surface area contributed by atoms with Crippen molar-refractivity contribution in [3.63, 3.8) is 0 Å². The fraction of sp³-hybridized carbons (Fsp3) is 0.250. The molecule has 1 heterocycles. The summed E-state index contributed by atoms with van der Waals surface area (Å²) in [5, 5.41) is -0.311. The molecule has 17 heavy (non-hydrogen) atoms. The number of aromatic nitrogens is 1. The van der Waals surface area contributed by atoms with E-state index in [2.05, 4.69) is 4.98 Å². The quantitative estimate of drug-likeness (QED) is 0.805. The predicted octanol–water partition coefficient (Wildman–Crippen LogP) is 2.65. The Kier molecular flexibility index (Phi) is 2.82. The SMILES string of the molecule is CC(C)(c1ccc2ccccc2n1)P(=O)(O)O. The lowest BCUT2D eigenvalue weighted by Gasteiger charge is -2.25. The van der Waals surface area contributed by atoms with Crippen molar-refractivity contribution in [1.29, 1.82) is 0 Å². The van der Waals surface area contributed by atoms with Crippen molar-refractivity contribution < 1.29 is 14.4 Å². The topological polar surface area (TPSA) is 70.4 Å². The first kappa shape index (κ1) is 12.2. The van der Waals surface area contributed by atoms with Crippen LogP contribution in [-0.2, 0) is 9.72 Å². The minimum atomic E-state index is -4.23. The van der Waals surface area contributed by atoms with Gasteiger partial charge in [0.15, 0.2) is 0 Å². The summed E-state index contributed by atoms with van der Waals surface area (Å²) >= 11 is 0. The highest BCUT2D eigenvalue weighted by Crippen LogP contribution is 2.55. The van der Waals surface area contributed by atoms with E-state index >= 15 is 0 Å². The fourth-order valence-corrected chi connectivity index (χ4v) is 1.98. The normalized spacial score (nSPS) is 12.9. The number of hydrogen-bond acceptors (Lipinski definition) is 2. The van der Waals surface area contributed by atoms with Crippen molar-refractivity contribution in [3.8, 4) is 0 Å². The zero-order valence-electron chi connectivity index (χ0n) is 9.66. The molecule has 0 radical (unpaired) electrons. The summed E-state index contributed by atoms with van der Waals surface area (Å²) in [6, 6.07) is 11.0. The van der Waals surface area contributed by atoms with E-state index in [0.29, 0.717) is 5.69 Å². The Morgan fingerprint density at radius 2 is 1.76 bits per heavy atom. The van der Waals surface area contributed by atoms with Crippen molar-refractivity contribution in [2.75, 3.05) is 0 Å². The molecule has 1 aromatic carbocycles. The van der Waals surface area contributed by atoms with E-state index in [1.54, 1.807) is 6.07 Å². The predicted molar refractivity (Wildman–Crippen MR) is 66.8 cm³/mol. The zero-order valence-corrected chi connectivity index (χ0v) is 10.6. The van der Waals surface area contributed by atoms with Gasteiger partial charge in [-0.1, -0.05) is 24.3 Å². The van der Waals surface area contributed by atoms with Gasteiger partial charge in [0.05, 0.1) is 11.2 Å². The maximum absolute atomic E-state index is 11.4. The van der Waals surface area contributed by atoms with Crippen molar-refractivity contribution in [1.82, 2.24) is 4.98 Å². The summed E-state index contributed by atoms with van der Waals surface area (Å²) in [7, 11) is -4.23. The standard InChI is InChI=1S/C12H14NO3P/c1-12(2,17(14,15)16)11-8-7-9-5-3-4-6-10(9)13-11/h3-8H,1-2H3,(H2,14,15,16). The fourth-order valence-electron chi connectivity index (χ4n) is 1.56. The molecule has 90 valence electrons. The molecule has 0 spiro atoms. The van der Waals surface area contributed by atoms with Crippen LogP contribution in [0.25, 0.3) is 10.9 Å². The Balaban J connectivity index is 2.61. The lowest BCUT2D eigenvalue weighted by molar-refractivity contribution is 0.336. The number of nitrogens with zero attached hydrogens (tertiary/aromatic N) is 1. The van der Waals surface area contributed by atoms with Crippen LogP contribution >= 0.6 is 7.60 Å². The average molecular weight is 251 g/mol. The third-order valence-electron chi connectivity index (χ3n) is 2.95. The van der Waals surface area contributed by atoms with Gasteiger partial charge in [0.2, 0.25) is 0 Å². The van der Waals surface area contributed by atoms with Crippen LogP contribution < -0.4 is 0 Å². The van der Waals surface area contributed by atoms with Crippen LogP contribution in [0.1, 0.15) is 19.5 Å². The summed E-state index contributed by atoms with van der Waals surface area (Å²) in [6.45, 7) is 3.01. The van der Waals surface area contributed by atoms with Crippen molar-refractivity contribution in [2.45, 2.75) is 19.0 Å². The van der Waals surface area contributed by atoms with E-state index in [0.717, 1.165) is 10.9 Å². The summed E-state index contributed by atoms with van der Waals surface area (Å²) in [5.74, 6) is 0. The van der Waals surface area contributed by atoms with Crippen molar-refractivity contribution in [3.05, 3.63) is 42.1 Å². The molecule has 0 saturated carbocycles. The second-order valence-corrected chi connectivity index (χ2v) is 6.70. The molecule has 0 aliphatic rings. The van der Waals surface area contributed by atoms with Gasteiger partial charge in [-0.15, -0.1) is 0 Å². The Morgan fingerprint density at radius 3 is 2.41 bits per heavy atom. The molecule has 0 unspecified atom stereocenters. The van der Waals surface area contributed by atoms with Crippen molar-refractivity contribution in [2.24, 2.45) is 0 Å². The van der Waals surface area contributed by atoms with Gasteiger partial charge in [-0.3, -0.25) is 9.55 Å². The first-order valence-corrected chi connectivity index (χ1v) is 6.85. The molecular weight excluding hydrogens is 237 g/mol. The Bertz CT molecular complexity index is 603. The first-order valence-electron chi connectivity index (χ1n) is 5.24. The Morgan fingerprint density at radius 1 is 1.12 bits per heavy atom. The number of pyridine rings is 1. The van der Waals surface area contributed by atoms with Gasteiger partial charge in [0.1, 0.15) is 5.16 Å². The molecular formula is C12H14NO3P. The molecule has 0 amide bonds. The second-order valence-electron chi connectivity index (χ2n) is 4.49. The van der Waals surface area contributed by atoms with Crippen LogP contribution in [0, 0.1) is 0 Å². The monoisotopic (exact) mass is 251 g/mol. The molecule has 2 N–H and O–H groups in total. The van der Waals surface area contributed by atoms with Gasteiger partial charge in [-0.05, 0) is 26.0 Å². The molecule has 4 nitrogen and oxygen atoms in total. The zero-order chi connectivity index (χ0) is 12.7. The van der Waals surface area contributed by atoms with E-state index < -0.39 is 12.8 Å². The van der Waals surface area contributed by atoms with Crippen LogP contribution in [0.2, 0.25) is 0 Å². The third kappa shape index (κ3) is 2.12. The molecule has 5 heteroatoms. The summed E-state index contributed by atoms with van der Waals surface area (Å²) in [5.41, 5.74) is 1.15. The number of rotatable bonds is 2. The van der Waals surface area contributed by atoms with Crippen molar-refractivity contribution >= 4 is 18.5 Å². The van der Waals surface area contributed by atoms with Gasteiger partial charge in [0.25, 0.3) is 0 Å². The van der Waals surface area contributed by atoms with Crippen LogP contribution in [0.15, 0.2) is 36.4 Å². The van der Waals surface area contributed by atoms with Gasteiger partial charge >= 0.3 is 7.60 Å². The smallest absolute Gasteiger partial charge is 0.324 e. The highest BCUT2D eigenvalue weighted by atomic mass is 31.2. The number of fused-ring (bicyclic) bond motifs is 1. The van der Waals surface area contributed by atoms with Gasteiger partial charge in [-0.2, -0.15) is 0 Å². The van der Waals surface area contributed by atoms with Crippen LogP contribution in [-0.4, -0.2) is 14.8 Å². The third-order valence-corrected chi connectivity index (χ3v) is 4.64. The van der Waals surface area contributed by atoms with E-state index in [9.17, 15) is 14.4 Å². The molecule has 2 rings (SSSR count). The average Bonchev–Trinajstić information content (AvgIpc) is 2.27. The molecule has 1 aromatic heterocycles. The van der Waals surface area contributed by atoms with Crippen LogP contribution in [0.5, 0.6) is 0 Å². The van der Waals surface area contributed by atoms with Gasteiger partial charge in [0, 0.05) is 5.39 Å². The second kappa shape index (κ2) is 3.91. The molecule has 0 aliphatic carbocycles. The number of benzene rings is 1. The minimum absolute atomic E-state index is 0.407. The summed E-state index contributed by atoms with van der Waals surface area (Å²) < 4.78 is 11.4.